The van der Waals surface area contributed by atoms with E-state index in [9.17, 15) is 10.1 Å². The molecule has 16 heavy (non-hydrogen) atoms. The number of hydrogen-bond acceptors (Lipinski definition) is 4. The van der Waals surface area contributed by atoms with E-state index in [1.807, 2.05) is 13.8 Å². The molecule has 0 fully saturated rings. The van der Waals surface area contributed by atoms with Crippen LogP contribution in [0.5, 0.6) is 0 Å². The van der Waals surface area contributed by atoms with E-state index in [0.717, 1.165) is 0 Å². The average Bonchev–Trinajstić information content (AvgIpc) is 2.52. The highest BCUT2D eigenvalue weighted by atomic mass is 16.6. The Kier molecular flexibility index (Phi) is 3.51. The number of terminal acetylenes is 1. The van der Waals surface area contributed by atoms with E-state index in [0.29, 0.717) is 11.5 Å². The van der Waals surface area contributed by atoms with Crippen molar-refractivity contribution in [2.24, 2.45) is 0 Å². The van der Waals surface area contributed by atoms with Gasteiger partial charge in [-0.05, 0) is 20.8 Å². The van der Waals surface area contributed by atoms with Crippen molar-refractivity contribution in [1.82, 2.24) is 9.78 Å². The molecule has 0 bridgehead atoms. The van der Waals surface area contributed by atoms with Gasteiger partial charge in [0.05, 0.1) is 11.5 Å². The first-order valence-electron chi connectivity index (χ1n) is 4.89. The maximum atomic E-state index is 10.9. The average molecular weight is 222 g/mol. The fraction of sp³-hybridized carbons (Fsp3) is 0.500. The lowest BCUT2D eigenvalue weighted by atomic mass is 10.3. The van der Waals surface area contributed by atoms with E-state index in [1.54, 1.807) is 11.6 Å². The molecule has 1 N–H and O–H groups in total. The van der Waals surface area contributed by atoms with Crippen molar-refractivity contribution in [3.8, 4) is 12.3 Å². The first kappa shape index (κ1) is 12.0. The molecule has 6 heteroatoms. The summed E-state index contributed by atoms with van der Waals surface area (Å²) in [6, 6.07) is 0.0349. The minimum absolute atomic E-state index is 0.0102. The zero-order chi connectivity index (χ0) is 12.3. The summed E-state index contributed by atoms with van der Waals surface area (Å²) in [7, 11) is 0. The van der Waals surface area contributed by atoms with E-state index >= 15 is 0 Å². The zero-order valence-electron chi connectivity index (χ0n) is 9.52. The molecule has 1 aromatic rings. The van der Waals surface area contributed by atoms with Crippen molar-refractivity contribution >= 4 is 11.5 Å². The normalized spacial score (nSPS) is 10.2. The molecule has 1 rings (SSSR count). The Labute approximate surface area is 93.8 Å². The monoisotopic (exact) mass is 222 g/mol. The second-order valence-electron chi connectivity index (χ2n) is 3.64. The van der Waals surface area contributed by atoms with Crippen LogP contribution in [0.4, 0.5) is 11.5 Å². The number of nitrogens with zero attached hydrogens (tertiary/aromatic N) is 3. The molecule has 0 aliphatic heterocycles. The second-order valence-corrected chi connectivity index (χ2v) is 3.64. The van der Waals surface area contributed by atoms with Crippen molar-refractivity contribution in [1.29, 1.82) is 0 Å². The predicted octanol–water partition coefficient (Wildman–Crippen LogP) is 1.73. The first-order valence-corrected chi connectivity index (χ1v) is 4.89. The third-order valence-electron chi connectivity index (χ3n) is 2.08. The fourth-order valence-electron chi connectivity index (χ4n) is 1.43. The van der Waals surface area contributed by atoms with Crippen molar-refractivity contribution < 1.29 is 4.92 Å². The summed E-state index contributed by atoms with van der Waals surface area (Å²) in [5.41, 5.74) is 0.377. The lowest BCUT2D eigenvalue weighted by molar-refractivity contribution is -0.384. The highest BCUT2D eigenvalue weighted by molar-refractivity contribution is 5.60. The standard InChI is InChI=1S/C10H14N4O2/c1-5-6-11-10-9(14(15)16)8(4)12-13(10)7(2)3/h1,7,11H,6H2,2-4H3. The Morgan fingerprint density at radius 1 is 1.69 bits per heavy atom. The van der Waals surface area contributed by atoms with Crippen molar-refractivity contribution in [2.75, 3.05) is 11.9 Å². The van der Waals surface area contributed by atoms with E-state index in [4.69, 9.17) is 6.42 Å². The Morgan fingerprint density at radius 3 is 2.75 bits per heavy atom. The Hall–Kier alpha value is -2.03. The molecule has 0 aromatic carbocycles. The second kappa shape index (κ2) is 4.66. The number of nitrogens with one attached hydrogen (secondary N) is 1. The lowest BCUT2D eigenvalue weighted by Crippen LogP contribution is -2.11. The summed E-state index contributed by atoms with van der Waals surface area (Å²) >= 11 is 0. The predicted molar refractivity (Wildman–Crippen MR) is 61.3 cm³/mol. The molecule has 1 heterocycles. The number of rotatable bonds is 4. The van der Waals surface area contributed by atoms with Gasteiger partial charge in [-0.2, -0.15) is 5.10 Å². The maximum Gasteiger partial charge on any atom is 0.333 e. The molecule has 1 aromatic heterocycles. The number of aromatic nitrogens is 2. The van der Waals surface area contributed by atoms with Gasteiger partial charge in [-0.25, -0.2) is 4.68 Å². The molecular formula is C10H14N4O2. The van der Waals surface area contributed by atoms with Crippen molar-refractivity contribution in [2.45, 2.75) is 26.8 Å². The van der Waals surface area contributed by atoms with Gasteiger partial charge in [-0.15, -0.1) is 6.42 Å². The quantitative estimate of drug-likeness (QED) is 0.478. The van der Waals surface area contributed by atoms with Gasteiger partial charge in [0.25, 0.3) is 0 Å². The molecule has 0 aliphatic carbocycles. The third-order valence-corrected chi connectivity index (χ3v) is 2.08. The summed E-state index contributed by atoms with van der Waals surface area (Å²) in [4.78, 5) is 10.5. The van der Waals surface area contributed by atoms with Gasteiger partial charge >= 0.3 is 5.69 Å². The van der Waals surface area contributed by atoms with Gasteiger partial charge in [-0.3, -0.25) is 10.1 Å². The Morgan fingerprint density at radius 2 is 2.31 bits per heavy atom. The minimum atomic E-state index is -0.444. The van der Waals surface area contributed by atoms with Gasteiger partial charge in [0, 0.05) is 6.04 Å². The van der Waals surface area contributed by atoms with Crippen molar-refractivity contribution in [3.05, 3.63) is 15.8 Å². The largest absolute Gasteiger partial charge is 0.354 e. The maximum absolute atomic E-state index is 10.9. The molecular weight excluding hydrogens is 208 g/mol. The zero-order valence-corrected chi connectivity index (χ0v) is 9.52. The molecule has 0 amide bonds. The first-order chi connectivity index (χ1) is 7.49. The Bertz CT molecular complexity index is 442. The number of nitro groups is 1. The molecule has 0 saturated heterocycles. The molecule has 0 spiro atoms. The number of hydrogen-bond donors (Lipinski definition) is 1. The van der Waals surface area contributed by atoms with Crippen LogP contribution < -0.4 is 5.32 Å². The molecule has 0 saturated carbocycles. The summed E-state index contributed by atoms with van der Waals surface area (Å²) in [6.07, 6.45) is 5.12. The highest BCUT2D eigenvalue weighted by Crippen LogP contribution is 2.30. The van der Waals surface area contributed by atoms with E-state index in [-0.39, 0.29) is 18.3 Å². The van der Waals surface area contributed by atoms with Crippen LogP contribution in [0.15, 0.2) is 0 Å². The molecule has 86 valence electrons. The smallest absolute Gasteiger partial charge is 0.333 e. The van der Waals surface area contributed by atoms with Gasteiger partial charge in [-0.1, -0.05) is 5.92 Å². The highest BCUT2D eigenvalue weighted by Gasteiger charge is 2.25. The van der Waals surface area contributed by atoms with Gasteiger partial charge in [0.2, 0.25) is 5.82 Å². The van der Waals surface area contributed by atoms with Crippen LogP contribution in [-0.4, -0.2) is 21.2 Å². The summed E-state index contributed by atoms with van der Waals surface area (Å²) in [5, 5.41) is 17.9. The third kappa shape index (κ3) is 2.14. The molecule has 6 nitrogen and oxygen atoms in total. The van der Waals surface area contributed by atoms with Crippen molar-refractivity contribution in [3.63, 3.8) is 0 Å². The van der Waals surface area contributed by atoms with Crippen LogP contribution >= 0.6 is 0 Å². The van der Waals surface area contributed by atoms with Crippen LogP contribution in [-0.2, 0) is 0 Å². The van der Waals surface area contributed by atoms with Crippen LogP contribution in [0.2, 0.25) is 0 Å². The number of anilines is 1. The Balaban J connectivity index is 3.26. The van der Waals surface area contributed by atoms with E-state index in [2.05, 4.69) is 16.3 Å². The molecule has 0 atom stereocenters. The van der Waals surface area contributed by atoms with Crippen LogP contribution in [0.3, 0.4) is 0 Å². The van der Waals surface area contributed by atoms with Gasteiger partial charge in [0.1, 0.15) is 5.69 Å². The van der Waals surface area contributed by atoms with Gasteiger partial charge in [0.15, 0.2) is 0 Å². The summed E-state index contributed by atoms with van der Waals surface area (Å²) in [6.45, 7) is 5.64. The van der Waals surface area contributed by atoms with Crippen LogP contribution in [0.1, 0.15) is 25.6 Å². The molecule has 0 radical (unpaired) electrons. The van der Waals surface area contributed by atoms with Crippen LogP contribution in [0.25, 0.3) is 0 Å². The van der Waals surface area contributed by atoms with E-state index < -0.39 is 4.92 Å². The number of aryl methyl sites for hydroxylation is 1. The molecule has 0 aliphatic rings. The lowest BCUT2D eigenvalue weighted by Gasteiger charge is -2.09. The fourth-order valence-corrected chi connectivity index (χ4v) is 1.43. The topological polar surface area (TPSA) is 73.0 Å². The summed E-state index contributed by atoms with van der Waals surface area (Å²) in [5.74, 6) is 2.75. The molecule has 0 unspecified atom stereocenters. The van der Waals surface area contributed by atoms with Gasteiger partial charge < -0.3 is 5.32 Å². The SMILES string of the molecule is C#CCNc1c([N+](=O)[O-])c(C)nn1C(C)C. The van der Waals surface area contributed by atoms with Crippen LogP contribution in [0, 0.1) is 29.4 Å². The van der Waals surface area contributed by atoms with E-state index in [1.165, 1.54) is 0 Å². The summed E-state index contributed by atoms with van der Waals surface area (Å²) < 4.78 is 1.57. The minimum Gasteiger partial charge on any atom is -0.354 e.